The number of nitrogens with one attached hydrogen (secondary N) is 1. The number of hydrazine groups is 1. The third kappa shape index (κ3) is 3.37. The Labute approximate surface area is 116 Å². The van der Waals surface area contributed by atoms with Crippen LogP contribution >= 0.6 is 11.8 Å². The quantitative estimate of drug-likeness (QED) is 0.498. The van der Waals surface area contributed by atoms with Crippen LogP contribution in [0.5, 0.6) is 0 Å². The lowest BCUT2D eigenvalue weighted by atomic mass is 10.1. The summed E-state index contributed by atoms with van der Waals surface area (Å²) in [6.07, 6.45) is 0. The molecule has 1 aliphatic rings. The molecule has 6 nitrogen and oxygen atoms in total. The molecule has 19 heavy (non-hydrogen) atoms. The van der Waals surface area contributed by atoms with E-state index in [1.807, 2.05) is 17.8 Å². The second-order valence-electron chi connectivity index (χ2n) is 4.65. The van der Waals surface area contributed by atoms with Crippen molar-refractivity contribution in [2.45, 2.75) is 19.5 Å². The number of hydrogen-bond acceptors (Lipinski definition) is 6. The summed E-state index contributed by atoms with van der Waals surface area (Å²) in [6, 6.07) is 5.65. The number of nitro benzene ring substituents is 1. The van der Waals surface area contributed by atoms with Crippen LogP contribution in [0, 0.1) is 10.1 Å². The zero-order valence-electron chi connectivity index (χ0n) is 10.8. The van der Waals surface area contributed by atoms with Gasteiger partial charge in [0, 0.05) is 36.7 Å². The first-order chi connectivity index (χ1) is 9.11. The predicted octanol–water partition coefficient (Wildman–Crippen LogP) is 1.82. The Hall–Kier alpha value is -1.31. The standard InChI is InChI=1S/C12H18N4O2S/c1-9-8-19-5-4-15(9)7-10-2-3-11(14-13)12(6-10)16(17)18/h2-3,6,9,14H,4-5,7-8,13H2,1H3. The predicted molar refractivity (Wildman–Crippen MR) is 78.1 cm³/mol. The second kappa shape index (κ2) is 6.23. The van der Waals surface area contributed by atoms with Gasteiger partial charge in [0.05, 0.1) is 4.92 Å². The Kier molecular flexibility index (Phi) is 4.62. The smallest absolute Gasteiger partial charge is 0.293 e. The summed E-state index contributed by atoms with van der Waals surface area (Å²) in [5, 5.41) is 11.0. The zero-order chi connectivity index (χ0) is 13.8. The lowest BCUT2D eigenvalue weighted by molar-refractivity contribution is -0.384. The van der Waals surface area contributed by atoms with Crippen LogP contribution in [0.25, 0.3) is 0 Å². The number of nitrogens with two attached hydrogens (primary N) is 1. The van der Waals surface area contributed by atoms with Gasteiger partial charge < -0.3 is 5.43 Å². The average molecular weight is 282 g/mol. The minimum absolute atomic E-state index is 0.0269. The molecule has 0 saturated carbocycles. The Bertz CT molecular complexity index is 469. The highest BCUT2D eigenvalue weighted by Gasteiger charge is 2.20. The highest BCUT2D eigenvalue weighted by molar-refractivity contribution is 7.99. The van der Waals surface area contributed by atoms with Crippen molar-refractivity contribution in [3.63, 3.8) is 0 Å². The van der Waals surface area contributed by atoms with Crippen molar-refractivity contribution >= 4 is 23.1 Å². The normalized spacial score (nSPS) is 20.2. The number of nitrogen functional groups attached to an aromatic ring is 1. The van der Waals surface area contributed by atoms with E-state index in [0.29, 0.717) is 11.7 Å². The number of hydrogen-bond donors (Lipinski definition) is 2. The molecule has 104 valence electrons. The maximum atomic E-state index is 11.0. The highest BCUT2D eigenvalue weighted by atomic mass is 32.2. The van der Waals surface area contributed by atoms with Crippen LogP contribution in [-0.2, 0) is 6.54 Å². The topological polar surface area (TPSA) is 84.4 Å². The van der Waals surface area contributed by atoms with Gasteiger partial charge in [0.15, 0.2) is 0 Å². The molecule has 0 aromatic heterocycles. The van der Waals surface area contributed by atoms with Gasteiger partial charge in [0.1, 0.15) is 5.69 Å². The van der Waals surface area contributed by atoms with E-state index in [-0.39, 0.29) is 5.69 Å². The number of rotatable bonds is 4. The van der Waals surface area contributed by atoms with Crippen molar-refractivity contribution in [1.82, 2.24) is 4.90 Å². The van der Waals surface area contributed by atoms with Crippen LogP contribution in [0.1, 0.15) is 12.5 Å². The van der Waals surface area contributed by atoms with Gasteiger partial charge in [-0.15, -0.1) is 0 Å². The molecule has 0 amide bonds. The summed E-state index contributed by atoms with van der Waals surface area (Å²) in [7, 11) is 0. The van der Waals surface area contributed by atoms with Crippen molar-refractivity contribution in [3.8, 4) is 0 Å². The van der Waals surface area contributed by atoms with E-state index in [0.717, 1.165) is 30.2 Å². The van der Waals surface area contributed by atoms with Gasteiger partial charge in [0.25, 0.3) is 5.69 Å². The molecule has 3 N–H and O–H groups in total. The molecule has 0 aliphatic carbocycles. The molecule has 0 radical (unpaired) electrons. The Morgan fingerprint density at radius 2 is 2.42 bits per heavy atom. The van der Waals surface area contributed by atoms with E-state index in [1.54, 1.807) is 12.1 Å². The van der Waals surface area contributed by atoms with E-state index in [1.165, 1.54) is 0 Å². The largest absolute Gasteiger partial charge is 0.318 e. The Morgan fingerprint density at radius 3 is 3.05 bits per heavy atom. The lowest BCUT2D eigenvalue weighted by Crippen LogP contribution is -2.39. The van der Waals surface area contributed by atoms with Gasteiger partial charge in [-0.05, 0) is 18.6 Å². The van der Waals surface area contributed by atoms with Crippen molar-refractivity contribution in [1.29, 1.82) is 0 Å². The monoisotopic (exact) mass is 282 g/mol. The van der Waals surface area contributed by atoms with Gasteiger partial charge in [-0.25, -0.2) is 0 Å². The molecule has 1 fully saturated rings. The Balaban J connectivity index is 2.16. The molecule has 1 saturated heterocycles. The maximum absolute atomic E-state index is 11.0. The number of nitro groups is 1. The van der Waals surface area contributed by atoms with Gasteiger partial charge in [-0.1, -0.05) is 6.07 Å². The fourth-order valence-electron chi connectivity index (χ4n) is 2.18. The number of benzene rings is 1. The maximum Gasteiger partial charge on any atom is 0.293 e. The summed E-state index contributed by atoms with van der Waals surface area (Å²) in [5.41, 5.74) is 3.68. The van der Waals surface area contributed by atoms with Gasteiger partial charge >= 0.3 is 0 Å². The molecule has 2 rings (SSSR count). The van der Waals surface area contributed by atoms with Crippen molar-refractivity contribution < 1.29 is 4.92 Å². The molecule has 1 aliphatic heterocycles. The molecule has 1 atom stereocenters. The first-order valence-corrected chi connectivity index (χ1v) is 7.33. The van der Waals surface area contributed by atoms with Crippen LogP contribution in [0.15, 0.2) is 18.2 Å². The molecule has 1 aromatic carbocycles. The molecule has 7 heteroatoms. The number of anilines is 1. The van der Waals surface area contributed by atoms with Crippen molar-refractivity contribution in [2.75, 3.05) is 23.5 Å². The molecule has 1 heterocycles. The molecule has 0 bridgehead atoms. The van der Waals surface area contributed by atoms with E-state index in [2.05, 4.69) is 17.2 Å². The molecular formula is C12H18N4O2S. The van der Waals surface area contributed by atoms with Gasteiger partial charge in [0.2, 0.25) is 0 Å². The van der Waals surface area contributed by atoms with E-state index >= 15 is 0 Å². The highest BCUT2D eigenvalue weighted by Crippen LogP contribution is 2.26. The molecular weight excluding hydrogens is 264 g/mol. The zero-order valence-corrected chi connectivity index (χ0v) is 11.7. The molecule has 1 unspecified atom stereocenters. The molecule has 0 spiro atoms. The summed E-state index contributed by atoms with van der Waals surface area (Å²) < 4.78 is 0. The van der Waals surface area contributed by atoms with E-state index in [4.69, 9.17) is 5.84 Å². The van der Waals surface area contributed by atoms with Gasteiger partial charge in [-0.3, -0.25) is 20.9 Å². The SMILES string of the molecule is CC1CSCCN1Cc1ccc(NN)c([N+](=O)[O-])c1. The van der Waals surface area contributed by atoms with Gasteiger partial charge in [-0.2, -0.15) is 11.8 Å². The summed E-state index contributed by atoms with van der Waals surface area (Å²) in [5.74, 6) is 7.51. The van der Waals surface area contributed by atoms with Crippen LogP contribution in [-0.4, -0.2) is 33.9 Å². The Morgan fingerprint density at radius 1 is 1.63 bits per heavy atom. The third-order valence-corrected chi connectivity index (χ3v) is 4.49. The number of nitrogens with zero attached hydrogens (tertiary/aromatic N) is 2. The number of thioether (sulfide) groups is 1. The second-order valence-corrected chi connectivity index (χ2v) is 5.80. The van der Waals surface area contributed by atoms with Crippen molar-refractivity contribution in [3.05, 3.63) is 33.9 Å². The molecule has 1 aromatic rings. The van der Waals surface area contributed by atoms with Crippen molar-refractivity contribution in [2.24, 2.45) is 5.84 Å². The van der Waals surface area contributed by atoms with Crippen LogP contribution in [0.3, 0.4) is 0 Å². The minimum atomic E-state index is -0.409. The fourth-order valence-corrected chi connectivity index (χ4v) is 3.26. The summed E-state index contributed by atoms with van der Waals surface area (Å²) >= 11 is 1.96. The first kappa shape index (κ1) is 14.1. The first-order valence-electron chi connectivity index (χ1n) is 6.17. The lowest BCUT2D eigenvalue weighted by Gasteiger charge is -2.32. The fraction of sp³-hybridized carbons (Fsp3) is 0.500. The average Bonchev–Trinajstić information content (AvgIpc) is 2.41. The van der Waals surface area contributed by atoms with E-state index in [9.17, 15) is 10.1 Å². The summed E-state index contributed by atoms with van der Waals surface area (Å²) in [4.78, 5) is 12.9. The minimum Gasteiger partial charge on any atom is -0.318 e. The van der Waals surface area contributed by atoms with Crippen LogP contribution < -0.4 is 11.3 Å². The van der Waals surface area contributed by atoms with Crippen LogP contribution in [0.4, 0.5) is 11.4 Å². The van der Waals surface area contributed by atoms with Crippen LogP contribution in [0.2, 0.25) is 0 Å². The van der Waals surface area contributed by atoms with E-state index < -0.39 is 4.92 Å². The third-order valence-electron chi connectivity index (χ3n) is 3.31. The summed E-state index contributed by atoms with van der Waals surface area (Å²) in [6.45, 7) is 3.96.